The highest BCUT2D eigenvalue weighted by atomic mass is 32.2. The Morgan fingerprint density at radius 2 is 2.29 bits per heavy atom. The molecule has 2 aromatic heterocycles. The second kappa shape index (κ2) is 5.25. The van der Waals surface area contributed by atoms with Crippen molar-refractivity contribution in [2.75, 3.05) is 6.61 Å². The minimum atomic E-state index is -0.110. The molecule has 0 bridgehead atoms. The molecule has 21 heavy (non-hydrogen) atoms. The summed E-state index contributed by atoms with van der Waals surface area (Å²) in [7, 11) is 0. The number of aryl methyl sites for hydroxylation is 1. The molecule has 0 radical (unpaired) electrons. The van der Waals surface area contributed by atoms with Crippen LogP contribution in [0.1, 0.15) is 30.2 Å². The normalized spacial score (nSPS) is 25.1. The lowest BCUT2D eigenvalue weighted by molar-refractivity contribution is -0.137. The summed E-state index contributed by atoms with van der Waals surface area (Å²) in [6.45, 7) is 2.84. The summed E-state index contributed by atoms with van der Waals surface area (Å²) >= 11 is 3.34. The van der Waals surface area contributed by atoms with Gasteiger partial charge in [-0.05, 0) is 30.7 Å². The molecule has 0 unspecified atom stereocenters. The van der Waals surface area contributed by atoms with Crippen LogP contribution in [0.4, 0.5) is 0 Å². The maximum absolute atomic E-state index is 11.7. The Balaban J connectivity index is 1.77. The number of carbonyl (C=O) groups is 1. The fourth-order valence-electron chi connectivity index (χ4n) is 3.05. The molecule has 1 saturated heterocycles. The average Bonchev–Trinajstić information content (AvgIpc) is 3.02. The van der Waals surface area contributed by atoms with E-state index in [9.17, 15) is 4.79 Å². The molecule has 2 aromatic rings. The van der Waals surface area contributed by atoms with Crippen LogP contribution in [0.3, 0.4) is 0 Å². The number of ether oxygens (including phenoxy) is 1. The molecule has 110 valence electrons. The van der Waals surface area contributed by atoms with Crippen molar-refractivity contribution in [2.45, 2.75) is 42.9 Å². The van der Waals surface area contributed by atoms with Gasteiger partial charge >= 0.3 is 5.97 Å². The fraction of sp³-hybridized carbons (Fsp3) is 0.533. The second-order valence-corrected chi connectivity index (χ2v) is 8.05. The number of rotatable bonds is 2. The van der Waals surface area contributed by atoms with E-state index in [4.69, 9.17) is 4.74 Å². The van der Waals surface area contributed by atoms with Crippen LogP contribution in [0, 0.1) is 5.92 Å². The van der Waals surface area contributed by atoms with Gasteiger partial charge in [0.2, 0.25) is 0 Å². The van der Waals surface area contributed by atoms with E-state index < -0.39 is 0 Å². The third kappa shape index (κ3) is 2.34. The summed E-state index contributed by atoms with van der Waals surface area (Å²) in [6.07, 6.45) is 5.87. The average molecular weight is 320 g/mol. The van der Waals surface area contributed by atoms with Gasteiger partial charge in [-0.2, -0.15) is 0 Å². The molecular formula is C15H16N2O2S2. The Morgan fingerprint density at radius 3 is 3.10 bits per heavy atom. The van der Waals surface area contributed by atoms with E-state index in [1.807, 2.05) is 0 Å². The topological polar surface area (TPSA) is 52.1 Å². The van der Waals surface area contributed by atoms with Crippen molar-refractivity contribution in [1.82, 2.24) is 9.97 Å². The SMILES string of the molecule is C[C@H]1CCc2c(sc3ncnc(S[C@@H]4CCOC4=O)c23)C1. The van der Waals surface area contributed by atoms with Crippen LogP contribution in [-0.4, -0.2) is 27.8 Å². The Kier molecular flexibility index (Phi) is 3.38. The van der Waals surface area contributed by atoms with E-state index in [1.54, 1.807) is 29.4 Å². The summed E-state index contributed by atoms with van der Waals surface area (Å²) < 4.78 is 5.06. The maximum Gasteiger partial charge on any atom is 0.319 e. The molecule has 1 aliphatic carbocycles. The zero-order valence-corrected chi connectivity index (χ0v) is 13.4. The maximum atomic E-state index is 11.7. The molecule has 6 heteroatoms. The largest absolute Gasteiger partial charge is 0.465 e. The zero-order valence-electron chi connectivity index (χ0n) is 11.8. The minimum absolute atomic E-state index is 0.107. The molecule has 4 nitrogen and oxygen atoms in total. The van der Waals surface area contributed by atoms with E-state index in [1.165, 1.54) is 22.2 Å². The third-order valence-corrected chi connectivity index (χ3v) is 6.61. The van der Waals surface area contributed by atoms with Crippen molar-refractivity contribution in [1.29, 1.82) is 0 Å². The molecule has 0 spiro atoms. The van der Waals surface area contributed by atoms with Crippen molar-refractivity contribution in [3.8, 4) is 0 Å². The fourth-order valence-corrected chi connectivity index (χ4v) is 5.56. The number of hydrogen-bond donors (Lipinski definition) is 0. The molecule has 1 aliphatic heterocycles. The van der Waals surface area contributed by atoms with Gasteiger partial charge in [-0.3, -0.25) is 4.79 Å². The molecule has 2 atom stereocenters. The van der Waals surface area contributed by atoms with Gasteiger partial charge in [0.25, 0.3) is 0 Å². The smallest absolute Gasteiger partial charge is 0.319 e. The number of fused-ring (bicyclic) bond motifs is 3. The van der Waals surface area contributed by atoms with E-state index in [-0.39, 0.29) is 11.2 Å². The first kappa shape index (κ1) is 13.5. The van der Waals surface area contributed by atoms with Gasteiger partial charge in [0.05, 0.1) is 6.61 Å². The van der Waals surface area contributed by atoms with Gasteiger partial charge in [-0.15, -0.1) is 11.3 Å². The molecular weight excluding hydrogens is 304 g/mol. The zero-order chi connectivity index (χ0) is 14.4. The molecule has 4 rings (SSSR count). The predicted octanol–water partition coefficient (Wildman–Crippen LogP) is 3.22. The Bertz CT molecular complexity index is 713. The number of hydrogen-bond acceptors (Lipinski definition) is 6. The number of aromatic nitrogens is 2. The van der Waals surface area contributed by atoms with Gasteiger partial charge < -0.3 is 4.74 Å². The monoisotopic (exact) mass is 320 g/mol. The lowest BCUT2D eigenvalue weighted by atomic mass is 9.89. The van der Waals surface area contributed by atoms with E-state index in [0.29, 0.717) is 6.61 Å². The van der Waals surface area contributed by atoms with Crippen LogP contribution in [0.5, 0.6) is 0 Å². The lowest BCUT2D eigenvalue weighted by Gasteiger charge is -2.18. The van der Waals surface area contributed by atoms with E-state index in [0.717, 1.165) is 35.0 Å². The van der Waals surface area contributed by atoms with E-state index >= 15 is 0 Å². The van der Waals surface area contributed by atoms with Crippen molar-refractivity contribution >= 4 is 39.3 Å². The van der Waals surface area contributed by atoms with Gasteiger partial charge in [-0.25, -0.2) is 9.97 Å². The highest BCUT2D eigenvalue weighted by molar-refractivity contribution is 8.00. The standard InChI is InChI=1S/C15H16N2O2S2/c1-8-2-3-9-11(6-8)21-14-12(9)13(16-7-17-14)20-10-4-5-19-15(10)18/h7-8,10H,2-6H2,1H3/t8-,10+/m0/s1. The van der Waals surface area contributed by atoms with Crippen molar-refractivity contribution in [2.24, 2.45) is 5.92 Å². The van der Waals surface area contributed by atoms with Crippen molar-refractivity contribution in [3.63, 3.8) is 0 Å². The van der Waals surface area contributed by atoms with Gasteiger partial charge in [-0.1, -0.05) is 18.7 Å². The highest BCUT2D eigenvalue weighted by Crippen LogP contribution is 2.42. The number of nitrogens with zero attached hydrogens (tertiary/aromatic N) is 2. The molecule has 0 amide bonds. The third-order valence-electron chi connectivity index (χ3n) is 4.20. The second-order valence-electron chi connectivity index (χ2n) is 5.77. The highest BCUT2D eigenvalue weighted by Gasteiger charge is 2.30. The van der Waals surface area contributed by atoms with Crippen molar-refractivity contribution < 1.29 is 9.53 Å². The summed E-state index contributed by atoms with van der Waals surface area (Å²) in [6, 6.07) is 0. The van der Waals surface area contributed by atoms with Crippen LogP contribution in [0.15, 0.2) is 11.4 Å². The predicted molar refractivity (Wildman–Crippen MR) is 83.8 cm³/mol. The number of cyclic esters (lactones) is 1. The molecule has 3 heterocycles. The molecule has 0 N–H and O–H groups in total. The number of esters is 1. The van der Waals surface area contributed by atoms with Crippen LogP contribution in [-0.2, 0) is 22.4 Å². The summed E-state index contributed by atoms with van der Waals surface area (Å²) in [5, 5.41) is 2.03. The molecule has 2 aliphatic rings. The van der Waals surface area contributed by atoms with Crippen LogP contribution >= 0.6 is 23.1 Å². The Labute approximate surface area is 131 Å². The first-order valence-corrected chi connectivity index (χ1v) is 9.00. The number of thiophene rings is 1. The van der Waals surface area contributed by atoms with Crippen LogP contribution < -0.4 is 0 Å². The lowest BCUT2D eigenvalue weighted by Crippen LogP contribution is -2.11. The quantitative estimate of drug-likeness (QED) is 0.628. The van der Waals surface area contributed by atoms with Gasteiger partial charge in [0.1, 0.15) is 21.4 Å². The molecule has 0 aromatic carbocycles. The summed E-state index contributed by atoms with van der Waals surface area (Å²) in [5.41, 5.74) is 1.42. The molecule has 0 saturated carbocycles. The summed E-state index contributed by atoms with van der Waals surface area (Å²) in [5.74, 6) is 0.643. The summed E-state index contributed by atoms with van der Waals surface area (Å²) in [4.78, 5) is 23.1. The van der Waals surface area contributed by atoms with Crippen LogP contribution in [0.25, 0.3) is 10.2 Å². The van der Waals surface area contributed by atoms with Crippen LogP contribution in [0.2, 0.25) is 0 Å². The van der Waals surface area contributed by atoms with Gasteiger partial charge in [0, 0.05) is 16.7 Å². The minimum Gasteiger partial charge on any atom is -0.465 e. The number of thioether (sulfide) groups is 1. The first-order chi connectivity index (χ1) is 10.2. The van der Waals surface area contributed by atoms with E-state index in [2.05, 4.69) is 16.9 Å². The number of carbonyl (C=O) groups excluding carboxylic acids is 1. The molecule has 1 fully saturated rings. The first-order valence-electron chi connectivity index (χ1n) is 7.31. The van der Waals surface area contributed by atoms with Crippen molar-refractivity contribution in [3.05, 3.63) is 16.8 Å². The Morgan fingerprint density at radius 1 is 1.38 bits per heavy atom. The Hall–Kier alpha value is -1.14. The van der Waals surface area contributed by atoms with Gasteiger partial charge in [0.15, 0.2) is 0 Å².